The van der Waals surface area contributed by atoms with Gasteiger partial charge in [-0.25, -0.2) is 4.79 Å². The molecule has 0 aromatic heterocycles. The van der Waals surface area contributed by atoms with E-state index in [0.717, 1.165) is 12.0 Å². The lowest BCUT2D eigenvalue weighted by Crippen LogP contribution is -2.41. The highest BCUT2D eigenvalue weighted by atomic mass is 35.5. The molecular formula is C19H19ClN2O2. The molecule has 0 bridgehead atoms. The standard InChI is InChI=1S/C19H19ClN2O2/c20-13-7-5-11(6-8-13)16(10-23)21-19(24)22-18-15-9-12-3-1-2-4-14(12)17(15)18/h1-8,15-18,23H,9-10H2,(H2,21,22,24). The molecule has 2 aromatic carbocycles. The van der Waals surface area contributed by atoms with E-state index in [1.54, 1.807) is 12.1 Å². The van der Waals surface area contributed by atoms with Crippen LogP contribution in [0.5, 0.6) is 0 Å². The Morgan fingerprint density at radius 3 is 2.71 bits per heavy atom. The van der Waals surface area contributed by atoms with Gasteiger partial charge >= 0.3 is 6.03 Å². The van der Waals surface area contributed by atoms with E-state index >= 15 is 0 Å². The molecule has 124 valence electrons. The zero-order valence-electron chi connectivity index (χ0n) is 13.1. The number of amides is 2. The number of hydrogen-bond acceptors (Lipinski definition) is 2. The van der Waals surface area contributed by atoms with Crippen molar-refractivity contribution in [1.82, 2.24) is 10.6 Å². The van der Waals surface area contributed by atoms with Crippen LogP contribution in [0.15, 0.2) is 48.5 Å². The number of carbonyl (C=O) groups excluding carboxylic acids is 1. The van der Waals surface area contributed by atoms with E-state index in [0.29, 0.717) is 16.9 Å². The fourth-order valence-electron chi connectivity index (χ4n) is 3.83. The van der Waals surface area contributed by atoms with Gasteiger partial charge in [-0.2, -0.15) is 0 Å². The van der Waals surface area contributed by atoms with Crippen molar-refractivity contribution in [3.05, 3.63) is 70.2 Å². The van der Waals surface area contributed by atoms with Crippen LogP contribution in [0.1, 0.15) is 28.7 Å². The maximum absolute atomic E-state index is 12.3. The number of benzene rings is 2. The number of nitrogens with one attached hydrogen (secondary N) is 2. The van der Waals surface area contributed by atoms with Crippen LogP contribution in [0.3, 0.4) is 0 Å². The highest BCUT2D eigenvalue weighted by molar-refractivity contribution is 6.30. The number of fused-ring (bicyclic) bond motifs is 3. The average molecular weight is 343 g/mol. The number of aliphatic hydroxyl groups is 1. The Hall–Kier alpha value is -2.04. The number of halogens is 1. The summed E-state index contributed by atoms with van der Waals surface area (Å²) in [4.78, 5) is 12.3. The largest absolute Gasteiger partial charge is 0.394 e. The monoisotopic (exact) mass is 342 g/mol. The third kappa shape index (κ3) is 2.76. The summed E-state index contributed by atoms with van der Waals surface area (Å²) < 4.78 is 0. The summed E-state index contributed by atoms with van der Waals surface area (Å²) in [6.07, 6.45) is 1.03. The van der Waals surface area contributed by atoms with E-state index in [1.807, 2.05) is 12.1 Å². The van der Waals surface area contributed by atoms with Gasteiger partial charge in [-0.05, 0) is 41.2 Å². The average Bonchev–Trinajstić information content (AvgIpc) is 3.10. The molecule has 3 N–H and O–H groups in total. The van der Waals surface area contributed by atoms with Gasteiger partial charge in [0.1, 0.15) is 0 Å². The predicted molar refractivity (Wildman–Crippen MR) is 93.1 cm³/mol. The summed E-state index contributed by atoms with van der Waals surface area (Å²) in [5.41, 5.74) is 3.60. The molecule has 2 aromatic rings. The van der Waals surface area contributed by atoms with E-state index in [2.05, 4.69) is 34.9 Å². The van der Waals surface area contributed by atoms with Crippen molar-refractivity contribution >= 4 is 17.6 Å². The fourth-order valence-corrected chi connectivity index (χ4v) is 3.95. The molecule has 0 aliphatic heterocycles. The normalized spacial score (nSPS) is 24.7. The van der Waals surface area contributed by atoms with Gasteiger partial charge in [-0.1, -0.05) is 48.0 Å². The third-order valence-corrected chi connectivity index (χ3v) is 5.35. The lowest BCUT2D eigenvalue weighted by molar-refractivity contribution is 0.216. The molecule has 4 nitrogen and oxygen atoms in total. The van der Waals surface area contributed by atoms with Crippen molar-refractivity contribution in [2.75, 3.05) is 6.61 Å². The second kappa shape index (κ2) is 6.11. The molecule has 1 saturated carbocycles. The SMILES string of the molecule is O=C(NC(CO)c1ccc(Cl)cc1)NC1C2Cc3ccccc3C21. The number of carbonyl (C=O) groups is 1. The quantitative estimate of drug-likeness (QED) is 0.800. The van der Waals surface area contributed by atoms with Crippen LogP contribution in [0.2, 0.25) is 5.02 Å². The predicted octanol–water partition coefficient (Wildman–Crippen LogP) is 3.01. The Morgan fingerprint density at radius 1 is 1.21 bits per heavy atom. The highest BCUT2D eigenvalue weighted by Gasteiger charge is 2.56. The molecule has 2 aliphatic carbocycles. The fraction of sp³-hybridized carbons (Fsp3) is 0.316. The summed E-state index contributed by atoms with van der Waals surface area (Å²) in [6.45, 7) is -0.157. The molecule has 0 spiro atoms. The molecule has 4 rings (SSSR count). The summed E-state index contributed by atoms with van der Waals surface area (Å²) in [5.74, 6) is 0.950. The Morgan fingerprint density at radius 2 is 1.96 bits per heavy atom. The van der Waals surface area contributed by atoms with Crippen molar-refractivity contribution in [2.24, 2.45) is 5.92 Å². The maximum Gasteiger partial charge on any atom is 0.315 e. The highest BCUT2D eigenvalue weighted by Crippen LogP contribution is 2.56. The van der Waals surface area contributed by atoms with Gasteiger partial charge in [-0.3, -0.25) is 0 Å². The van der Waals surface area contributed by atoms with Gasteiger partial charge in [-0.15, -0.1) is 0 Å². The summed E-state index contributed by atoms with van der Waals surface area (Å²) in [7, 11) is 0. The first-order chi connectivity index (χ1) is 11.7. The van der Waals surface area contributed by atoms with Crippen molar-refractivity contribution in [1.29, 1.82) is 0 Å². The van der Waals surface area contributed by atoms with Crippen molar-refractivity contribution < 1.29 is 9.90 Å². The number of aliphatic hydroxyl groups excluding tert-OH is 1. The van der Waals surface area contributed by atoms with Gasteiger partial charge < -0.3 is 15.7 Å². The van der Waals surface area contributed by atoms with Gasteiger partial charge in [0.05, 0.1) is 12.6 Å². The van der Waals surface area contributed by atoms with E-state index in [1.165, 1.54) is 11.1 Å². The second-order valence-electron chi connectivity index (χ2n) is 6.52. The molecule has 4 atom stereocenters. The van der Waals surface area contributed by atoms with Crippen molar-refractivity contribution in [2.45, 2.75) is 24.4 Å². The third-order valence-electron chi connectivity index (χ3n) is 5.10. The Balaban J connectivity index is 1.37. The van der Waals surface area contributed by atoms with Crippen LogP contribution in [0.4, 0.5) is 4.79 Å². The van der Waals surface area contributed by atoms with Gasteiger partial charge in [0.25, 0.3) is 0 Å². The molecule has 24 heavy (non-hydrogen) atoms. The topological polar surface area (TPSA) is 61.4 Å². The molecule has 0 radical (unpaired) electrons. The molecule has 4 unspecified atom stereocenters. The smallest absolute Gasteiger partial charge is 0.315 e. The van der Waals surface area contributed by atoms with Crippen LogP contribution < -0.4 is 10.6 Å². The molecule has 5 heteroatoms. The molecule has 1 fully saturated rings. The summed E-state index contributed by atoms with van der Waals surface area (Å²) in [5, 5.41) is 16.1. The van der Waals surface area contributed by atoms with E-state index in [-0.39, 0.29) is 18.7 Å². The number of rotatable bonds is 4. The van der Waals surface area contributed by atoms with E-state index in [4.69, 9.17) is 11.6 Å². The van der Waals surface area contributed by atoms with Crippen LogP contribution in [-0.2, 0) is 6.42 Å². The van der Waals surface area contributed by atoms with Gasteiger partial charge in [0.15, 0.2) is 0 Å². The van der Waals surface area contributed by atoms with Crippen LogP contribution >= 0.6 is 11.6 Å². The lowest BCUT2D eigenvalue weighted by Gasteiger charge is -2.18. The lowest BCUT2D eigenvalue weighted by atomic mass is 10.1. The van der Waals surface area contributed by atoms with E-state index in [9.17, 15) is 9.90 Å². The minimum atomic E-state index is -0.437. The minimum absolute atomic E-state index is 0.157. The van der Waals surface area contributed by atoms with Gasteiger partial charge in [0.2, 0.25) is 0 Å². The zero-order valence-corrected chi connectivity index (χ0v) is 13.8. The molecule has 2 aliphatic rings. The van der Waals surface area contributed by atoms with Crippen molar-refractivity contribution in [3.8, 4) is 0 Å². The molecule has 0 heterocycles. The van der Waals surface area contributed by atoms with Crippen LogP contribution in [0.25, 0.3) is 0 Å². The van der Waals surface area contributed by atoms with Gasteiger partial charge in [0, 0.05) is 17.0 Å². The minimum Gasteiger partial charge on any atom is -0.394 e. The Kier molecular flexibility index (Phi) is 3.94. The molecule has 2 amide bonds. The van der Waals surface area contributed by atoms with E-state index < -0.39 is 6.04 Å². The molecule has 0 saturated heterocycles. The number of urea groups is 1. The summed E-state index contributed by atoms with van der Waals surface area (Å²) in [6, 6.07) is 15.1. The second-order valence-corrected chi connectivity index (χ2v) is 6.96. The first kappa shape index (κ1) is 15.5. The Labute approximate surface area is 145 Å². The molecular weight excluding hydrogens is 324 g/mol. The first-order valence-electron chi connectivity index (χ1n) is 8.18. The van der Waals surface area contributed by atoms with Crippen molar-refractivity contribution in [3.63, 3.8) is 0 Å². The first-order valence-corrected chi connectivity index (χ1v) is 8.56. The van der Waals surface area contributed by atoms with Crippen LogP contribution in [-0.4, -0.2) is 23.8 Å². The Bertz CT molecular complexity index is 762. The van der Waals surface area contributed by atoms with Crippen LogP contribution in [0, 0.1) is 5.92 Å². The summed E-state index contributed by atoms with van der Waals surface area (Å²) >= 11 is 5.88. The zero-order chi connectivity index (χ0) is 16.7. The maximum atomic E-state index is 12.3. The number of hydrogen-bond donors (Lipinski definition) is 3.